The molecule has 0 fully saturated rings. The number of amides is 1. The van der Waals surface area contributed by atoms with Gasteiger partial charge in [0, 0.05) is 34.9 Å². The molecule has 7 heteroatoms. The first-order chi connectivity index (χ1) is 17.6. The van der Waals surface area contributed by atoms with Crippen molar-refractivity contribution in [3.63, 3.8) is 0 Å². The van der Waals surface area contributed by atoms with E-state index in [0.717, 1.165) is 23.2 Å². The molecule has 3 N–H and O–H groups in total. The molecule has 1 amide bonds. The third-order valence-corrected chi connectivity index (χ3v) is 5.68. The summed E-state index contributed by atoms with van der Waals surface area (Å²) in [4.78, 5) is 21.2. The highest BCUT2D eigenvalue weighted by molar-refractivity contribution is 6.10. The van der Waals surface area contributed by atoms with Crippen LogP contribution < -0.4 is 20.1 Å². The number of carbonyl (C=O) groups is 1. The second-order valence-corrected chi connectivity index (χ2v) is 8.31. The molecule has 0 saturated carbocycles. The summed E-state index contributed by atoms with van der Waals surface area (Å²) < 4.78 is 11.3. The summed E-state index contributed by atoms with van der Waals surface area (Å²) in [5.74, 6) is 1.25. The predicted octanol–water partition coefficient (Wildman–Crippen LogP) is 5.71. The first kappa shape index (κ1) is 24.9. The SMILES string of the molecule is CCOc1ccc(C(=O)NC(=NCCc2c[nH]c3ccccc23)Nc2ccc(C)cc2)cc1OCC. The summed E-state index contributed by atoms with van der Waals surface area (Å²) >= 11 is 0. The maximum absolute atomic E-state index is 13.2. The van der Waals surface area contributed by atoms with Gasteiger partial charge in [0.2, 0.25) is 5.96 Å². The van der Waals surface area contributed by atoms with Crippen LogP contribution in [0.1, 0.15) is 35.3 Å². The number of aliphatic imine (C=N–C) groups is 1. The van der Waals surface area contributed by atoms with Gasteiger partial charge in [-0.25, -0.2) is 0 Å². The Morgan fingerprint density at radius 1 is 0.944 bits per heavy atom. The van der Waals surface area contributed by atoms with Gasteiger partial charge in [-0.15, -0.1) is 0 Å². The fraction of sp³-hybridized carbons (Fsp3) is 0.241. The van der Waals surface area contributed by atoms with Gasteiger partial charge < -0.3 is 19.8 Å². The number of fused-ring (bicyclic) bond motifs is 1. The van der Waals surface area contributed by atoms with Crippen LogP contribution in [0.15, 0.2) is 77.9 Å². The Balaban J connectivity index is 1.53. The van der Waals surface area contributed by atoms with Gasteiger partial charge in [-0.3, -0.25) is 15.1 Å². The number of carbonyl (C=O) groups excluding carboxylic acids is 1. The number of aromatic nitrogens is 1. The molecule has 0 atom stereocenters. The third kappa shape index (κ3) is 6.24. The Kier molecular flexibility index (Phi) is 8.24. The zero-order chi connectivity index (χ0) is 25.3. The van der Waals surface area contributed by atoms with Gasteiger partial charge in [-0.1, -0.05) is 35.9 Å². The molecule has 36 heavy (non-hydrogen) atoms. The minimum Gasteiger partial charge on any atom is -0.490 e. The van der Waals surface area contributed by atoms with Crippen molar-refractivity contribution in [3.8, 4) is 11.5 Å². The number of guanidine groups is 1. The fourth-order valence-corrected chi connectivity index (χ4v) is 3.88. The van der Waals surface area contributed by atoms with E-state index < -0.39 is 0 Å². The number of nitrogens with one attached hydrogen (secondary N) is 3. The van der Waals surface area contributed by atoms with Crippen molar-refractivity contribution in [3.05, 3.63) is 89.6 Å². The van der Waals surface area contributed by atoms with Crippen LogP contribution in [0, 0.1) is 6.92 Å². The van der Waals surface area contributed by atoms with Gasteiger partial charge in [0.05, 0.1) is 13.2 Å². The lowest BCUT2D eigenvalue weighted by Crippen LogP contribution is -2.36. The number of hydrogen-bond donors (Lipinski definition) is 3. The van der Waals surface area contributed by atoms with Gasteiger partial charge in [-0.2, -0.15) is 0 Å². The molecular formula is C29H32N4O3. The Bertz CT molecular complexity index is 1340. The van der Waals surface area contributed by atoms with E-state index in [1.807, 2.05) is 63.4 Å². The van der Waals surface area contributed by atoms with Gasteiger partial charge in [-0.05, 0) is 69.2 Å². The van der Waals surface area contributed by atoms with E-state index in [1.165, 1.54) is 10.9 Å². The molecule has 1 aromatic heterocycles. The molecule has 7 nitrogen and oxygen atoms in total. The summed E-state index contributed by atoms with van der Waals surface area (Å²) in [6.07, 6.45) is 2.75. The van der Waals surface area contributed by atoms with E-state index in [9.17, 15) is 4.79 Å². The number of H-pyrrole nitrogens is 1. The number of nitrogens with zero attached hydrogens (tertiary/aromatic N) is 1. The van der Waals surface area contributed by atoms with E-state index >= 15 is 0 Å². The molecule has 0 aliphatic carbocycles. The number of ether oxygens (including phenoxy) is 2. The molecule has 0 saturated heterocycles. The van der Waals surface area contributed by atoms with Crippen molar-refractivity contribution in [1.29, 1.82) is 0 Å². The van der Waals surface area contributed by atoms with Crippen LogP contribution in [-0.4, -0.2) is 36.6 Å². The van der Waals surface area contributed by atoms with Gasteiger partial charge in [0.15, 0.2) is 11.5 Å². The summed E-state index contributed by atoms with van der Waals surface area (Å²) in [6.45, 7) is 7.33. The fourth-order valence-electron chi connectivity index (χ4n) is 3.88. The Morgan fingerprint density at radius 2 is 1.69 bits per heavy atom. The number of benzene rings is 3. The van der Waals surface area contributed by atoms with Crippen molar-refractivity contribution in [2.45, 2.75) is 27.2 Å². The van der Waals surface area contributed by atoms with E-state index in [1.54, 1.807) is 18.2 Å². The minimum atomic E-state index is -0.288. The molecular weight excluding hydrogens is 452 g/mol. The van der Waals surface area contributed by atoms with E-state index in [4.69, 9.17) is 14.5 Å². The molecule has 4 aromatic rings. The van der Waals surface area contributed by atoms with Crippen LogP contribution in [0.2, 0.25) is 0 Å². The Morgan fingerprint density at radius 3 is 2.47 bits per heavy atom. The van der Waals surface area contributed by atoms with Crippen LogP contribution in [0.5, 0.6) is 11.5 Å². The maximum Gasteiger partial charge on any atom is 0.258 e. The summed E-state index contributed by atoms with van der Waals surface area (Å²) in [5, 5.41) is 7.36. The standard InChI is InChI=1S/C29H32N4O3/c1-4-35-26-15-12-21(18-27(26)36-5-2)28(34)33-29(32-23-13-10-20(3)11-14-23)30-17-16-22-19-31-25-9-7-6-8-24(22)25/h6-15,18-19,31H,4-5,16-17H2,1-3H3,(H2,30,32,33,34). The number of para-hydroxylation sites is 1. The smallest absolute Gasteiger partial charge is 0.258 e. The first-order valence-corrected chi connectivity index (χ1v) is 12.2. The molecule has 1 heterocycles. The molecule has 0 aliphatic rings. The van der Waals surface area contributed by atoms with Gasteiger partial charge in [0.1, 0.15) is 0 Å². The quantitative estimate of drug-likeness (QED) is 0.210. The average molecular weight is 485 g/mol. The molecule has 0 radical (unpaired) electrons. The van der Waals surface area contributed by atoms with Crippen LogP contribution >= 0.6 is 0 Å². The molecule has 0 spiro atoms. The highest BCUT2D eigenvalue weighted by Crippen LogP contribution is 2.28. The lowest BCUT2D eigenvalue weighted by atomic mass is 10.1. The number of anilines is 1. The molecule has 0 bridgehead atoms. The second-order valence-electron chi connectivity index (χ2n) is 8.31. The Labute approximate surface area is 211 Å². The number of hydrogen-bond acceptors (Lipinski definition) is 4. The summed E-state index contributed by atoms with van der Waals surface area (Å²) in [7, 11) is 0. The molecule has 186 valence electrons. The molecule has 0 unspecified atom stereocenters. The van der Waals surface area contributed by atoms with Gasteiger partial charge in [0.25, 0.3) is 5.91 Å². The number of aryl methyl sites for hydroxylation is 1. The second kappa shape index (κ2) is 11.9. The monoisotopic (exact) mass is 484 g/mol. The van der Waals surface area contributed by atoms with Crippen molar-refractivity contribution in [2.24, 2.45) is 4.99 Å². The topological polar surface area (TPSA) is 87.7 Å². The highest BCUT2D eigenvalue weighted by Gasteiger charge is 2.14. The Hall–Kier alpha value is -4.26. The van der Waals surface area contributed by atoms with Gasteiger partial charge >= 0.3 is 0 Å². The molecule has 4 rings (SSSR count). The predicted molar refractivity (Wildman–Crippen MR) is 145 cm³/mol. The van der Waals surface area contributed by atoms with Crippen LogP contribution in [0.3, 0.4) is 0 Å². The lowest BCUT2D eigenvalue weighted by molar-refractivity contribution is 0.0976. The molecule has 0 aliphatic heterocycles. The van der Waals surface area contributed by atoms with E-state index in [-0.39, 0.29) is 5.91 Å². The average Bonchev–Trinajstić information content (AvgIpc) is 3.29. The van der Waals surface area contributed by atoms with Crippen LogP contribution in [0.4, 0.5) is 5.69 Å². The van der Waals surface area contributed by atoms with E-state index in [2.05, 4.69) is 27.8 Å². The van der Waals surface area contributed by atoms with Crippen molar-refractivity contribution >= 4 is 28.5 Å². The number of aromatic amines is 1. The van der Waals surface area contributed by atoms with E-state index in [0.29, 0.717) is 42.8 Å². The molecule has 3 aromatic carbocycles. The number of rotatable bonds is 9. The van der Waals surface area contributed by atoms with Crippen LogP contribution in [-0.2, 0) is 6.42 Å². The first-order valence-electron chi connectivity index (χ1n) is 12.2. The summed E-state index contributed by atoms with van der Waals surface area (Å²) in [6, 6.07) is 21.3. The van der Waals surface area contributed by atoms with Crippen molar-refractivity contribution < 1.29 is 14.3 Å². The normalized spacial score (nSPS) is 11.4. The minimum absolute atomic E-state index is 0.288. The summed E-state index contributed by atoms with van der Waals surface area (Å²) in [5.41, 5.74) is 4.73. The van der Waals surface area contributed by atoms with Crippen molar-refractivity contribution in [1.82, 2.24) is 10.3 Å². The largest absolute Gasteiger partial charge is 0.490 e. The zero-order valence-electron chi connectivity index (χ0n) is 20.9. The highest BCUT2D eigenvalue weighted by atomic mass is 16.5. The maximum atomic E-state index is 13.2. The lowest BCUT2D eigenvalue weighted by Gasteiger charge is -2.14. The van der Waals surface area contributed by atoms with Crippen molar-refractivity contribution in [2.75, 3.05) is 25.1 Å². The van der Waals surface area contributed by atoms with Crippen LogP contribution in [0.25, 0.3) is 10.9 Å². The zero-order valence-corrected chi connectivity index (χ0v) is 20.9. The third-order valence-electron chi connectivity index (χ3n) is 5.68.